The van der Waals surface area contributed by atoms with Gasteiger partial charge in [0.15, 0.2) is 11.6 Å². The van der Waals surface area contributed by atoms with E-state index in [1.807, 2.05) is 13.8 Å². The van der Waals surface area contributed by atoms with Gasteiger partial charge in [-0.15, -0.1) is 0 Å². The summed E-state index contributed by atoms with van der Waals surface area (Å²) in [5.41, 5.74) is 1.49. The minimum Gasteiger partial charge on any atom is -0.491 e. The Morgan fingerprint density at radius 3 is 2.47 bits per heavy atom. The molecule has 1 aromatic carbocycles. The van der Waals surface area contributed by atoms with Crippen LogP contribution in [-0.4, -0.2) is 23.1 Å². The maximum absolute atomic E-state index is 13.7. The first-order valence-corrected chi connectivity index (χ1v) is 6.23. The lowest BCUT2D eigenvalue weighted by atomic mass is 10.1. The van der Waals surface area contributed by atoms with E-state index in [1.165, 1.54) is 6.07 Å². The first-order valence-electron chi connectivity index (χ1n) is 6.23. The number of nitrogens with one attached hydrogen (secondary N) is 1. The molecule has 0 atom stereocenters. The van der Waals surface area contributed by atoms with Crippen LogP contribution < -0.4 is 10.1 Å². The third-order valence-corrected chi connectivity index (χ3v) is 2.55. The Labute approximate surface area is 111 Å². The Morgan fingerprint density at radius 2 is 1.89 bits per heavy atom. The molecule has 0 saturated carbocycles. The Balaban J connectivity index is 2.24. The van der Waals surface area contributed by atoms with Crippen molar-refractivity contribution in [3.63, 3.8) is 0 Å². The van der Waals surface area contributed by atoms with E-state index >= 15 is 0 Å². The van der Waals surface area contributed by atoms with Crippen molar-refractivity contribution in [1.82, 2.24) is 9.97 Å². The monoisotopic (exact) mass is 261 g/mol. The average molecular weight is 261 g/mol. The molecule has 2 rings (SSSR count). The second-order valence-corrected chi connectivity index (χ2v) is 3.90. The van der Waals surface area contributed by atoms with Gasteiger partial charge in [-0.25, -0.2) is 14.4 Å². The van der Waals surface area contributed by atoms with Crippen LogP contribution in [0.5, 0.6) is 5.75 Å². The number of ether oxygens (including phenoxy) is 1. The minimum absolute atomic E-state index is 0.261. The van der Waals surface area contributed by atoms with Crippen molar-refractivity contribution in [2.75, 3.05) is 18.5 Å². The predicted molar refractivity (Wildman–Crippen MR) is 72.8 cm³/mol. The molecule has 0 bridgehead atoms. The highest BCUT2D eigenvalue weighted by molar-refractivity contribution is 5.63. The van der Waals surface area contributed by atoms with E-state index in [9.17, 15) is 4.39 Å². The van der Waals surface area contributed by atoms with Gasteiger partial charge < -0.3 is 10.1 Å². The summed E-state index contributed by atoms with van der Waals surface area (Å²) in [6.07, 6.45) is 3.33. The highest BCUT2D eigenvalue weighted by Crippen LogP contribution is 2.25. The molecule has 0 aliphatic carbocycles. The fraction of sp³-hybridized carbons (Fsp3) is 0.286. The van der Waals surface area contributed by atoms with Crippen molar-refractivity contribution in [3.8, 4) is 16.9 Å². The molecule has 0 aliphatic heterocycles. The van der Waals surface area contributed by atoms with Gasteiger partial charge in [0.25, 0.3) is 0 Å². The van der Waals surface area contributed by atoms with Gasteiger partial charge in [0.2, 0.25) is 5.95 Å². The zero-order valence-corrected chi connectivity index (χ0v) is 11.0. The standard InChI is InChI=1S/C14H16FN3O/c1-3-16-14-17-8-11(9-18-14)10-5-6-13(19-4-2)12(15)7-10/h5-9H,3-4H2,1-2H3,(H,16,17,18). The molecule has 1 aromatic heterocycles. The fourth-order valence-electron chi connectivity index (χ4n) is 1.68. The molecule has 0 unspecified atom stereocenters. The smallest absolute Gasteiger partial charge is 0.222 e. The molecular formula is C14H16FN3O. The van der Waals surface area contributed by atoms with Crippen molar-refractivity contribution in [2.24, 2.45) is 0 Å². The molecule has 100 valence electrons. The number of rotatable bonds is 5. The summed E-state index contributed by atoms with van der Waals surface area (Å²) in [6, 6.07) is 4.84. The highest BCUT2D eigenvalue weighted by atomic mass is 19.1. The van der Waals surface area contributed by atoms with E-state index in [0.29, 0.717) is 12.6 Å². The van der Waals surface area contributed by atoms with Crippen molar-refractivity contribution in [3.05, 3.63) is 36.4 Å². The zero-order chi connectivity index (χ0) is 13.7. The summed E-state index contributed by atoms with van der Waals surface area (Å²) in [7, 11) is 0. The Hall–Kier alpha value is -2.17. The lowest BCUT2D eigenvalue weighted by Crippen LogP contribution is -2.01. The Kier molecular flexibility index (Phi) is 4.28. The third kappa shape index (κ3) is 3.19. The van der Waals surface area contributed by atoms with Crippen molar-refractivity contribution in [1.29, 1.82) is 0 Å². The topological polar surface area (TPSA) is 47.0 Å². The van der Waals surface area contributed by atoms with Gasteiger partial charge in [-0.05, 0) is 31.5 Å². The molecule has 1 N–H and O–H groups in total. The summed E-state index contributed by atoms with van der Waals surface area (Å²) in [5.74, 6) is 0.448. The third-order valence-electron chi connectivity index (χ3n) is 2.55. The van der Waals surface area contributed by atoms with Crippen molar-refractivity contribution < 1.29 is 9.13 Å². The maximum Gasteiger partial charge on any atom is 0.222 e. The van der Waals surface area contributed by atoms with Gasteiger partial charge in [-0.2, -0.15) is 0 Å². The number of halogens is 1. The molecule has 0 spiro atoms. The van der Waals surface area contributed by atoms with Gasteiger partial charge in [-0.1, -0.05) is 6.07 Å². The fourth-order valence-corrected chi connectivity index (χ4v) is 1.68. The van der Waals surface area contributed by atoms with E-state index in [-0.39, 0.29) is 11.6 Å². The number of benzene rings is 1. The minimum atomic E-state index is -0.380. The van der Waals surface area contributed by atoms with Crippen molar-refractivity contribution >= 4 is 5.95 Å². The van der Waals surface area contributed by atoms with Crippen LogP contribution in [0.25, 0.3) is 11.1 Å². The van der Waals surface area contributed by atoms with Gasteiger partial charge in [0.1, 0.15) is 0 Å². The van der Waals surface area contributed by atoms with Gasteiger partial charge >= 0.3 is 0 Å². The zero-order valence-electron chi connectivity index (χ0n) is 11.0. The molecule has 0 fully saturated rings. The van der Waals surface area contributed by atoms with Crippen LogP contribution in [0.15, 0.2) is 30.6 Å². The number of anilines is 1. The summed E-state index contributed by atoms with van der Waals surface area (Å²) < 4.78 is 18.9. The van der Waals surface area contributed by atoms with Crippen LogP contribution in [0.2, 0.25) is 0 Å². The molecule has 0 radical (unpaired) electrons. The molecule has 19 heavy (non-hydrogen) atoms. The van der Waals surface area contributed by atoms with E-state index in [0.717, 1.165) is 17.7 Å². The molecule has 1 heterocycles. The molecule has 0 saturated heterocycles. The molecule has 4 nitrogen and oxygen atoms in total. The van der Waals surface area contributed by atoms with E-state index in [1.54, 1.807) is 24.5 Å². The van der Waals surface area contributed by atoms with Crippen LogP contribution >= 0.6 is 0 Å². The first-order chi connectivity index (χ1) is 9.24. The SMILES string of the molecule is CCNc1ncc(-c2ccc(OCC)c(F)c2)cn1. The summed E-state index contributed by atoms with van der Waals surface area (Å²) in [4.78, 5) is 8.31. The lowest BCUT2D eigenvalue weighted by molar-refractivity contribution is 0.321. The average Bonchev–Trinajstić information content (AvgIpc) is 2.43. The number of nitrogens with zero attached hydrogens (tertiary/aromatic N) is 2. The van der Waals surface area contributed by atoms with Crippen LogP contribution in [0.3, 0.4) is 0 Å². The second-order valence-electron chi connectivity index (χ2n) is 3.90. The molecule has 0 amide bonds. The highest BCUT2D eigenvalue weighted by Gasteiger charge is 2.06. The summed E-state index contributed by atoms with van der Waals surface area (Å²) >= 11 is 0. The van der Waals surface area contributed by atoms with Gasteiger partial charge in [0, 0.05) is 24.5 Å². The van der Waals surface area contributed by atoms with Crippen LogP contribution in [0.4, 0.5) is 10.3 Å². The van der Waals surface area contributed by atoms with E-state index in [4.69, 9.17) is 4.74 Å². The molecule has 5 heteroatoms. The quantitative estimate of drug-likeness (QED) is 0.898. The molecule has 2 aromatic rings. The Morgan fingerprint density at radius 1 is 1.16 bits per heavy atom. The number of hydrogen-bond acceptors (Lipinski definition) is 4. The first kappa shape index (κ1) is 13.3. The lowest BCUT2D eigenvalue weighted by Gasteiger charge is -2.07. The van der Waals surface area contributed by atoms with Crippen LogP contribution in [-0.2, 0) is 0 Å². The van der Waals surface area contributed by atoms with Crippen LogP contribution in [0, 0.1) is 5.82 Å². The van der Waals surface area contributed by atoms with Gasteiger partial charge in [0.05, 0.1) is 6.61 Å². The molecular weight excluding hydrogens is 245 g/mol. The van der Waals surface area contributed by atoms with E-state index < -0.39 is 0 Å². The Bertz CT molecular complexity index is 543. The van der Waals surface area contributed by atoms with E-state index in [2.05, 4.69) is 15.3 Å². The predicted octanol–water partition coefficient (Wildman–Crippen LogP) is 3.11. The van der Waals surface area contributed by atoms with Gasteiger partial charge in [-0.3, -0.25) is 0 Å². The maximum atomic E-state index is 13.7. The largest absolute Gasteiger partial charge is 0.491 e. The van der Waals surface area contributed by atoms with Crippen molar-refractivity contribution in [2.45, 2.75) is 13.8 Å². The summed E-state index contributed by atoms with van der Waals surface area (Å²) in [6.45, 7) is 4.99. The second kappa shape index (κ2) is 6.13. The number of hydrogen-bond donors (Lipinski definition) is 1. The molecule has 0 aliphatic rings. The summed E-state index contributed by atoms with van der Waals surface area (Å²) in [5, 5.41) is 3.01. The number of aromatic nitrogens is 2. The normalized spacial score (nSPS) is 10.3. The van der Waals surface area contributed by atoms with Crippen LogP contribution in [0.1, 0.15) is 13.8 Å².